The number of para-hydroxylation sites is 1. The van der Waals surface area contributed by atoms with Gasteiger partial charge in [0.25, 0.3) is 0 Å². The normalized spacial score (nSPS) is 11.7. The lowest BCUT2D eigenvalue weighted by atomic mass is 9.95. The molecule has 60 heavy (non-hydrogen) atoms. The largest absolute Gasteiger partial charge is 0.454 e. The van der Waals surface area contributed by atoms with Gasteiger partial charge in [-0.05, 0) is 58.0 Å². The average Bonchev–Trinajstić information content (AvgIpc) is 3.89. The van der Waals surface area contributed by atoms with E-state index in [0.717, 1.165) is 60.9 Å². The van der Waals surface area contributed by atoms with Crippen LogP contribution in [0.15, 0.2) is 211 Å². The van der Waals surface area contributed by atoms with Crippen molar-refractivity contribution in [2.75, 3.05) is 0 Å². The molecule has 3 heterocycles. The monoisotopic (exact) mass is 766 g/mol. The Morgan fingerprint density at radius 3 is 1.72 bits per heavy atom. The molecule has 0 fully saturated rings. The average molecular weight is 767 g/mol. The van der Waals surface area contributed by atoms with E-state index < -0.39 is 0 Å². The van der Waals surface area contributed by atoms with Crippen molar-refractivity contribution in [2.45, 2.75) is 0 Å². The summed E-state index contributed by atoms with van der Waals surface area (Å²) in [4.78, 5) is 15.3. The molecule has 12 aromatic rings. The van der Waals surface area contributed by atoms with Crippen LogP contribution in [-0.2, 0) is 0 Å². The lowest BCUT2D eigenvalue weighted by Gasteiger charge is -2.13. The molecule has 3 aromatic heterocycles. The van der Waals surface area contributed by atoms with Crippen molar-refractivity contribution >= 4 is 54.5 Å². The van der Waals surface area contributed by atoms with Crippen LogP contribution in [0.3, 0.4) is 0 Å². The van der Waals surface area contributed by atoms with Crippen molar-refractivity contribution in [3.05, 3.63) is 206 Å². The van der Waals surface area contributed by atoms with E-state index in [4.69, 9.17) is 19.4 Å². The highest BCUT2D eigenvalue weighted by atomic mass is 16.3. The predicted octanol–water partition coefficient (Wildman–Crippen LogP) is 14.4. The highest BCUT2D eigenvalue weighted by molar-refractivity contribution is 6.23. The lowest BCUT2D eigenvalue weighted by Crippen LogP contribution is -2.01. The lowest BCUT2D eigenvalue weighted by molar-refractivity contribution is 0.666. The SMILES string of the molecule is c1ccc(-c2cccc(-c3cccc4c3c3ccc5ccccc5c3n4-c3ccc(-c4nc(-c5ccccc5)nc(-c5ccccc5)n4)c4c3oc3ccccc34)c2)cc1. The maximum Gasteiger partial charge on any atom is 0.164 e. The molecule has 0 aliphatic heterocycles. The maximum absolute atomic E-state index is 7.00. The molecule has 0 aliphatic carbocycles. The van der Waals surface area contributed by atoms with Crippen LogP contribution in [0, 0.1) is 0 Å². The minimum absolute atomic E-state index is 0.582. The zero-order valence-electron chi connectivity index (χ0n) is 32.3. The molecule has 0 saturated heterocycles. The molecule has 0 aliphatic rings. The first-order chi connectivity index (χ1) is 29.8. The van der Waals surface area contributed by atoms with Crippen LogP contribution in [0.25, 0.3) is 117 Å². The van der Waals surface area contributed by atoms with E-state index in [9.17, 15) is 0 Å². The van der Waals surface area contributed by atoms with Crippen LogP contribution in [0.4, 0.5) is 0 Å². The fourth-order valence-electron chi connectivity index (χ4n) is 8.92. The molecule has 9 aromatic carbocycles. The number of aromatic nitrogens is 4. The molecule has 0 N–H and O–H groups in total. The van der Waals surface area contributed by atoms with Crippen LogP contribution in [0.5, 0.6) is 0 Å². The Bertz CT molecular complexity index is 3530. The van der Waals surface area contributed by atoms with E-state index in [0.29, 0.717) is 17.5 Å². The summed E-state index contributed by atoms with van der Waals surface area (Å²) < 4.78 is 9.40. The Morgan fingerprint density at radius 2 is 0.967 bits per heavy atom. The summed E-state index contributed by atoms with van der Waals surface area (Å²) in [6.45, 7) is 0. The van der Waals surface area contributed by atoms with Gasteiger partial charge in [0.15, 0.2) is 23.1 Å². The Kier molecular flexibility index (Phi) is 7.78. The molecule has 5 nitrogen and oxygen atoms in total. The molecule has 5 heteroatoms. The molecule has 280 valence electrons. The number of nitrogens with zero attached hydrogens (tertiary/aromatic N) is 4. The van der Waals surface area contributed by atoms with Crippen molar-refractivity contribution < 1.29 is 4.42 Å². The summed E-state index contributed by atoms with van der Waals surface area (Å²) in [5.74, 6) is 1.81. The van der Waals surface area contributed by atoms with E-state index >= 15 is 0 Å². The van der Waals surface area contributed by atoms with Gasteiger partial charge in [-0.1, -0.05) is 176 Å². The standard InChI is InChI=1S/C55H34N4O/c1-4-16-35(17-5-1)39-23-14-24-40(34-39)41-27-15-28-46-49(41)44-31-30-36-18-10-11-25-42(36)51(44)59(46)47-33-32-45(50-43-26-12-13-29-48(43)60-52(47)50)55-57-53(37-19-6-2-7-20-37)56-54(58-55)38-21-8-3-9-22-38/h1-34H. The van der Waals surface area contributed by atoms with Crippen LogP contribution in [0.1, 0.15) is 0 Å². The van der Waals surface area contributed by atoms with Crippen LogP contribution >= 0.6 is 0 Å². The van der Waals surface area contributed by atoms with Gasteiger partial charge in [0.1, 0.15) is 5.58 Å². The first kappa shape index (κ1) is 33.9. The third kappa shape index (κ3) is 5.44. The van der Waals surface area contributed by atoms with E-state index in [1.54, 1.807) is 0 Å². The minimum atomic E-state index is 0.582. The summed E-state index contributed by atoms with van der Waals surface area (Å²) in [5, 5.41) is 6.65. The Hall–Kier alpha value is -8.15. The molecule has 0 unspecified atom stereocenters. The third-order valence-electron chi connectivity index (χ3n) is 11.6. The van der Waals surface area contributed by atoms with E-state index in [1.807, 2.05) is 72.8 Å². The van der Waals surface area contributed by atoms with Gasteiger partial charge < -0.3 is 8.98 Å². The highest BCUT2D eigenvalue weighted by Gasteiger charge is 2.24. The maximum atomic E-state index is 7.00. The molecule has 0 radical (unpaired) electrons. The summed E-state index contributed by atoms with van der Waals surface area (Å²) in [6.07, 6.45) is 0. The molecule has 0 amide bonds. The highest BCUT2D eigenvalue weighted by Crippen LogP contribution is 2.45. The van der Waals surface area contributed by atoms with Gasteiger partial charge in [-0.15, -0.1) is 0 Å². The van der Waals surface area contributed by atoms with Gasteiger partial charge in [-0.2, -0.15) is 0 Å². The zero-order valence-corrected chi connectivity index (χ0v) is 32.3. The Labute approximate surface area is 345 Å². The molecule has 0 bridgehead atoms. The number of hydrogen-bond acceptors (Lipinski definition) is 4. The third-order valence-corrected chi connectivity index (χ3v) is 11.6. The Morgan fingerprint density at radius 1 is 0.367 bits per heavy atom. The number of hydrogen-bond donors (Lipinski definition) is 0. The topological polar surface area (TPSA) is 56.7 Å². The van der Waals surface area contributed by atoms with Crippen molar-refractivity contribution in [2.24, 2.45) is 0 Å². The van der Waals surface area contributed by atoms with Gasteiger partial charge in [0.05, 0.1) is 16.7 Å². The van der Waals surface area contributed by atoms with Gasteiger partial charge in [-0.25, -0.2) is 15.0 Å². The molecular weight excluding hydrogens is 733 g/mol. The number of benzene rings is 9. The van der Waals surface area contributed by atoms with Crippen LogP contribution in [-0.4, -0.2) is 19.5 Å². The van der Waals surface area contributed by atoms with Crippen molar-refractivity contribution in [1.82, 2.24) is 19.5 Å². The smallest absolute Gasteiger partial charge is 0.164 e. The quantitative estimate of drug-likeness (QED) is 0.169. The van der Waals surface area contributed by atoms with Crippen LogP contribution < -0.4 is 0 Å². The summed E-state index contributed by atoms with van der Waals surface area (Å²) in [7, 11) is 0. The second-order valence-electron chi connectivity index (χ2n) is 15.1. The van der Waals surface area contributed by atoms with Crippen molar-refractivity contribution in [3.63, 3.8) is 0 Å². The first-order valence-electron chi connectivity index (χ1n) is 20.2. The number of furan rings is 1. The number of rotatable bonds is 6. The van der Waals surface area contributed by atoms with Crippen molar-refractivity contribution in [1.29, 1.82) is 0 Å². The Balaban J connectivity index is 1.16. The number of fused-ring (bicyclic) bond motifs is 8. The molecule has 12 rings (SSSR count). The summed E-state index contributed by atoms with van der Waals surface area (Å²) in [5.41, 5.74) is 12.2. The first-order valence-corrected chi connectivity index (χ1v) is 20.2. The van der Waals surface area contributed by atoms with E-state index in [1.165, 1.54) is 38.2 Å². The second kappa shape index (κ2) is 13.8. The molecular formula is C55H34N4O. The van der Waals surface area contributed by atoms with Gasteiger partial charge >= 0.3 is 0 Å². The fraction of sp³-hybridized carbons (Fsp3) is 0. The second-order valence-corrected chi connectivity index (χ2v) is 15.1. The van der Waals surface area contributed by atoms with Gasteiger partial charge in [0, 0.05) is 43.6 Å². The summed E-state index contributed by atoms with van der Waals surface area (Å²) in [6, 6.07) is 72.1. The van der Waals surface area contributed by atoms with E-state index in [2.05, 4.69) is 138 Å². The molecule has 0 atom stereocenters. The zero-order chi connectivity index (χ0) is 39.6. The minimum Gasteiger partial charge on any atom is -0.454 e. The molecule has 0 saturated carbocycles. The fourth-order valence-corrected chi connectivity index (χ4v) is 8.92. The van der Waals surface area contributed by atoms with Crippen molar-refractivity contribution in [3.8, 4) is 62.1 Å². The predicted molar refractivity (Wildman–Crippen MR) is 246 cm³/mol. The molecule has 0 spiro atoms. The van der Waals surface area contributed by atoms with E-state index in [-0.39, 0.29) is 0 Å². The summed E-state index contributed by atoms with van der Waals surface area (Å²) >= 11 is 0. The van der Waals surface area contributed by atoms with Crippen LogP contribution in [0.2, 0.25) is 0 Å². The van der Waals surface area contributed by atoms with Gasteiger partial charge in [0.2, 0.25) is 0 Å². The van der Waals surface area contributed by atoms with Gasteiger partial charge in [-0.3, -0.25) is 0 Å².